The molecule has 1 aliphatic heterocycles. The van der Waals surface area contributed by atoms with Gasteiger partial charge in [-0.2, -0.15) is 0 Å². The van der Waals surface area contributed by atoms with E-state index < -0.39 is 0 Å². The number of aromatic nitrogens is 4. The first-order valence-electron chi connectivity index (χ1n) is 8.32. The Morgan fingerprint density at radius 3 is 2.80 bits per heavy atom. The maximum atomic E-state index is 11.5. The van der Waals surface area contributed by atoms with Crippen LogP contribution in [0.2, 0.25) is 0 Å². The van der Waals surface area contributed by atoms with Gasteiger partial charge in [-0.15, -0.1) is 0 Å². The number of nitrogens with one attached hydrogen (secondary N) is 2. The lowest BCUT2D eigenvalue weighted by Crippen LogP contribution is -2.44. The second-order valence-electron chi connectivity index (χ2n) is 6.35. The van der Waals surface area contributed by atoms with Crippen LogP contribution in [0, 0.1) is 0 Å². The number of benzene rings is 1. The number of phenols is 1. The lowest BCUT2D eigenvalue weighted by Gasteiger charge is -2.36. The van der Waals surface area contributed by atoms with Crippen LogP contribution in [0.3, 0.4) is 0 Å². The quantitative estimate of drug-likeness (QED) is 0.667. The number of fused-ring (bicyclic) bond motifs is 1. The first-order valence-corrected chi connectivity index (χ1v) is 8.32. The standard InChI is InChI=1S/C17H20N6O2/c1-22(16-18-7-4-15(25)21-16)11-5-8-23(9-6-11)17-19-13-3-2-12(24)10-14(13)20-17/h2-4,7,10-11,24H,5-6,8-9H2,1H3,(H,19,20)(H,18,21,25). The number of aromatic hydroxyl groups is 1. The van der Waals surface area contributed by atoms with E-state index in [2.05, 4.69) is 24.8 Å². The Morgan fingerprint density at radius 2 is 2.04 bits per heavy atom. The van der Waals surface area contributed by atoms with Crippen LogP contribution < -0.4 is 15.4 Å². The zero-order valence-corrected chi connectivity index (χ0v) is 13.9. The fourth-order valence-electron chi connectivity index (χ4n) is 3.31. The molecule has 0 radical (unpaired) electrons. The van der Waals surface area contributed by atoms with Crippen molar-refractivity contribution in [2.24, 2.45) is 0 Å². The summed E-state index contributed by atoms with van der Waals surface area (Å²) in [6.07, 6.45) is 3.42. The van der Waals surface area contributed by atoms with Gasteiger partial charge in [0.05, 0.1) is 11.0 Å². The van der Waals surface area contributed by atoms with Crippen molar-refractivity contribution in [2.45, 2.75) is 18.9 Å². The highest BCUT2D eigenvalue weighted by atomic mass is 16.3. The third-order valence-electron chi connectivity index (χ3n) is 4.76. The molecule has 3 aromatic rings. The van der Waals surface area contributed by atoms with Gasteiger partial charge in [-0.05, 0) is 25.0 Å². The topological polar surface area (TPSA) is 101 Å². The molecule has 130 valence electrons. The third-order valence-corrected chi connectivity index (χ3v) is 4.76. The van der Waals surface area contributed by atoms with Crippen LogP contribution in [0.5, 0.6) is 5.75 Å². The molecule has 25 heavy (non-hydrogen) atoms. The molecule has 1 saturated heterocycles. The molecule has 8 heteroatoms. The smallest absolute Gasteiger partial charge is 0.252 e. The highest BCUT2D eigenvalue weighted by Crippen LogP contribution is 2.25. The van der Waals surface area contributed by atoms with Gasteiger partial charge in [0.2, 0.25) is 11.9 Å². The van der Waals surface area contributed by atoms with Crippen molar-refractivity contribution in [3.8, 4) is 5.75 Å². The van der Waals surface area contributed by atoms with Crippen LogP contribution in [-0.2, 0) is 0 Å². The number of hydrogen-bond acceptors (Lipinski definition) is 6. The molecule has 4 rings (SSSR count). The second-order valence-corrected chi connectivity index (χ2v) is 6.35. The van der Waals surface area contributed by atoms with Crippen LogP contribution in [-0.4, -0.2) is 51.2 Å². The predicted molar refractivity (Wildman–Crippen MR) is 96.3 cm³/mol. The lowest BCUT2D eigenvalue weighted by molar-refractivity contribution is 0.473. The van der Waals surface area contributed by atoms with E-state index >= 15 is 0 Å². The highest BCUT2D eigenvalue weighted by Gasteiger charge is 2.25. The minimum atomic E-state index is -0.139. The van der Waals surface area contributed by atoms with E-state index in [9.17, 15) is 9.90 Å². The first kappa shape index (κ1) is 15.5. The Kier molecular flexibility index (Phi) is 3.79. The van der Waals surface area contributed by atoms with E-state index in [1.54, 1.807) is 12.1 Å². The molecule has 0 unspecified atom stereocenters. The van der Waals surface area contributed by atoms with Crippen molar-refractivity contribution >= 4 is 22.9 Å². The number of piperidine rings is 1. The zero-order chi connectivity index (χ0) is 17.4. The van der Waals surface area contributed by atoms with Crippen LogP contribution >= 0.6 is 0 Å². The zero-order valence-electron chi connectivity index (χ0n) is 13.9. The Hall–Kier alpha value is -3.03. The average molecular weight is 340 g/mol. The van der Waals surface area contributed by atoms with E-state index in [4.69, 9.17) is 0 Å². The normalized spacial score (nSPS) is 15.6. The SMILES string of the molecule is CN(c1nccc(=O)[nH]1)C1CCN(c2nc3ccc(O)cc3[nH]2)CC1. The molecule has 0 bridgehead atoms. The van der Waals surface area contributed by atoms with Gasteiger partial charge >= 0.3 is 0 Å². The first-order chi connectivity index (χ1) is 12.1. The summed E-state index contributed by atoms with van der Waals surface area (Å²) in [6, 6.07) is 6.86. The number of nitrogens with zero attached hydrogens (tertiary/aromatic N) is 4. The summed E-state index contributed by atoms with van der Waals surface area (Å²) in [5.74, 6) is 1.66. The Bertz CT molecular complexity index is 941. The minimum Gasteiger partial charge on any atom is -0.508 e. The molecule has 0 saturated carbocycles. The van der Waals surface area contributed by atoms with Gasteiger partial charge in [-0.1, -0.05) is 0 Å². The molecule has 8 nitrogen and oxygen atoms in total. The summed E-state index contributed by atoms with van der Waals surface area (Å²) in [7, 11) is 1.96. The monoisotopic (exact) mass is 340 g/mol. The molecular formula is C17H20N6O2. The van der Waals surface area contributed by atoms with E-state index in [1.807, 2.05) is 18.0 Å². The molecular weight excluding hydrogens is 320 g/mol. The Labute approximate surface area is 144 Å². The number of hydrogen-bond donors (Lipinski definition) is 3. The largest absolute Gasteiger partial charge is 0.508 e. The molecule has 0 amide bonds. The van der Waals surface area contributed by atoms with Crippen molar-refractivity contribution in [1.29, 1.82) is 0 Å². The van der Waals surface area contributed by atoms with Gasteiger partial charge in [0.15, 0.2) is 0 Å². The van der Waals surface area contributed by atoms with Gasteiger partial charge in [0.25, 0.3) is 5.56 Å². The van der Waals surface area contributed by atoms with Gasteiger partial charge < -0.3 is 19.9 Å². The molecule has 0 spiro atoms. The van der Waals surface area contributed by atoms with Gasteiger partial charge in [-0.3, -0.25) is 9.78 Å². The molecule has 3 heterocycles. The number of phenolic OH excluding ortho intramolecular Hbond substituents is 1. The fraction of sp³-hybridized carbons (Fsp3) is 0.353. The maximum Gasteiger partial charge on any atom is 0.252 e. The number of rotatable bonds is 3. The van der Waals surface area contributed by atoms with Crippen LogP contribution in [0.4, 0.5) is 11.9 Å². The fourth-order valence-corrected chi connectivity index (χ4v) is 3.31. The number of aromatic amines is 2. The van der Waals surface area contributed by atoms with E-state index in [-0.39, 0.29) is 11.3 Å². The molecule has 2 aromatic heterocycles. The predicted octanol–water partition coefficient (Wildman–Crippen LogP) is 1.46. The Morgan fingerprint density at radius 1 is 1.24 bits per heavy atom. The van der Waals surface area contributed by atoms with Crippen molar-refractivity contribution in [2.75, 3.05) is 29.9 Å². The van der Waals surface area contributed by atoms with E-state index in [0.717, 1.165) is 42.9 Å². The Balaban J connectivity index is 1.46. The molecule has 0 atom stereocenters. The average Bonchev–Trinajstić information content (AvgIpc) is 3.04. The highest BCUT2D eigenvalue weighted by molar-refractivity contribution is 5.79. The van der Waals surface area contributed by atoms with Gasteiger partial charge in [0, 0.05) is 44.5 Å². The number of H-pyrrole nitrogens is 2. The van der Waals surface area contributed by atoms with Crippen molar-refractivity contribution in [1.82, 2.24) is 19.9 Å². The lowest BCUT2D eigenvalue weighted by atomic mass is 10.0. The third kappa shape index (κ3) is 3.02. The van der Waals surface area contributed by atoms with E-state index in [0.29, 0.717) is 12.0 Å². The summed E-state index contributed by atoms with van der Waals surface area (Å²) in [4.78, 5) is 30.6. The molecule has 1 aliphatic rings. The number of imidazole rings is 1. The second kappa shape index (κ2) is 6.12. The minimum absolute atomic E-state index is 0.139. The van der Waals surface area contributed by atoms with Gasteiger partial charge in [-0.25, -0.2) is 9.97 Å². The summed E-state index contributed by atoms with van der Waals surface area (Å²) >= 11 is 0. The summed E-state index contributed by atoms with van der Waals surface area (Å²) in [5.41, 5.74) is 1.54. The summed E-state index contributed by atoms with van der Waals surface area (Å²) < 4.78 is 0. The molecule has 1 aromatic carbocycles. The van der Waals surface area contributed by atoms with Crippen molar-refractivity contribution in [3.63, 3.8) is 0 Å². The number of anilines is 2. The summed E-state index contributed by atoms with van der Waals surface area (Å²) in [5, 5.41) is 9.58. The summed E-state index contributed by atoms with van der Waals surface area (Å²) in [6.45, 7) is 1.72. The van der Waals surface area contributed by atoms with Crippen LogP contribution in [0.1, 0.15) is 12.8 Å². The van der Waals surface area contributed by atoms with Crippen molar-refractivity contribution in [3.05, 3.63) is 40.8 Å². The maximum absolute atomic E-state index is 11.5. The molecule has 0 aliphatic carbocycles. The van der Waals surface area contributed by atoms with Crippen LogP contribution in [0.25, 0.3) is 11.0 Å². The molecule has 3 N–H and O–H groups in total. The van der Waals surface area contributed by atoms with Crippen molar-refractivity contribution < 1.29 is 5.11 Å². The van der Waals surface area contributed by atoms with E-state index in [1.165, 1.54) is 12.3 Å². The molecule has 1 fully saturated rings. The van der Waals surface area contributed by atoms with Gasteiger partial charge in [0.1, 0.15) is 5.75 Å². The van der Waals surface area contributed by atoms with Crippen LogP contribution in [0.15, 0.2) is 35.3 Å².